The monoisotopic (exact) mass is 430 g/mol. The van der Waals surface area contributed by atoms with Crippen molar-refractivity contribution in [3.8, 4) is 11.5 Å². The Hall–Kier alpha value is -3.54. The number of phenolic OH excluding ortho intramolecular Hbond substituents is 1. The first-order valence-corrected chi connectivity index (χ1v) is 10.6. The van der Waals surface area contributed by atoms with Crippen LogP contribution in [0.25, 0.3) is 10.8 Å². The van der Waals surface area contributed by atoms with Gasteiger partial charge in [0.15, 0.2) is 0 Å². The van der Waals surface area contributed by atoms with Crippen molar-refractivity contribution in [2.24, 2.45) is 4.99 Å². The van der Waals surface area contributed by atoms with E-state index < -0.39 is 11.7 Å². The number of phenols is 1. The number of esters is 1. The zero-order chi connectivity index (χ0) is 23.0. The highest BCUT2D eigenvalue weighted by Gasteiger charge is 2.58. The molecule has 1 spiro atoms. The first kappa shape index (κ1) is 20.4. The molecule has 2 aliphatic rings. The summed E-state index contributed by atoms with van der Waals surface area (Å²) in [4.78, 5) is 19.1. The topological polar surface area (TPSA) is 71.4 Å². The van der Waals surface area contributed by atoms with Gasteiger partial charge in [0, 0.05) is 18.1 Å². The Bertz CT molecular complexity index is 1340. The van der Waals surface area contributed by atoms with Crippen molar-refractivity contribution in [3.63, 3.8) is 0 Å². The lowest BCUT2D eigenvalue weighted by molar-refractivity contribution is 0.0597. The average Bonchev–Trinajstić information content (AvgIpc) is 2.91. The summed E-state index contributed by atoms with van der Waals surface area (Å²) in [6.45, 7) is 8.60. The second-order valence-electron chi connectivity index (χ2n) is 9.19. The molecule has 2 heterocycles. The van der Waals surface area contributed by atoms with E-state index in [-0.39, 0.29) is 16.7 Å². The molecule has 6 heteroatoms. The maximum Gasteiger partial charge on any atom is 0.341 e. The Balaban J connectivity index is 1.68. The Labute approximate surface area is 187 Å². The molecule has 164 valence electrons. The number of methoxy groups -OCH3 is 1. The SMILES string of the molecule is COC(=O)c1cc2c3c(ccc2cc1O)OC1(C=N3)N(C)c2cc(C)c(C)cc2C1(C)C. The highest BCUT2D eigenvalue weighted by atomic mass is 16.5. The number of aryl methyl sites for hydroxylation is 2. The van der Waals surface area contributed by atoms with Gasteiger partial charge in [0.2, 0.25) is 5.72 Å². The molecular formula is C26H26N2O4. The van der Waals surface area contributed by atoms with Crippen LogP contribution in [0.3, 0.4) is 0 Å². The lowest BCUT2D eigenvalue weighted by Gasteiger charge is -2.45. The summed E-state index contributed by atoms with van der Waals surface area (Å²) in [5.74, 6) is -0.0981. The predicted molar refractivity (Wildman–Crippen MR) is 126 cm³/mol. The van der Waals surface area contributed by atoms with E-state index >= 15 is 0 Å². The number of likely N-dealkylation sites (N-methyl/N-ethyl adjacent to an activating group) is 1. The first-order valence-electron chi connectivity index (χ1n) is 10.6. The number of fused-ring (bicyclic) bond motifs is 4. The van der Waals surface area contributed by atoms with Crippen LogP contribution in [0, 0.1) is 13.8 Å². The van der Waals surface area contributed by atoms with Crippen LogP contribution in [-0.2, 0) is 10.2 Å². The molecular weight excluding hydrogens is 404 g/mol. The summed E-state index contributed by atoms with van der Waals surface area (Å²) in [7, 11) is 3.32. The summed E-state index contributed by atoms with van der Waals surface area (Å²) in [5.41, 5.74) is 4.40. The number of hydrogen-bond acceptors (Lipinski definition) is 6. The second-order valence-corrected chi connectivity index (χ2v) is 9.19. The third kappa shape index (κ3) is 2.46. The maximum absolute atomic E-state index is 12.1. The Morgan fingerprint density at radius 1 is 1.12 bits per heavy atom. The van der Waals surface area contributed by atoms with Gasteiger partial charge in [-0.3, -0.25) is 4.99 Å². The van der Waals surface area contributed by atoms with Gasteiger partial charge in [-0.2, -0.15) is 0 Å². The largest absolute Gasteiger partial charge is 0.507 e. The van der Waals surface area contributed by atoms with E-state index in [4.69, 9.17) is 14.5 Å². The van der Waals surface area contributed by atoms with Crippen molar-refractivity contribution in [2.45, 2.75) is 38.8 Å². The molecule has 0 radical (unpaired) electrons. The number of rotatable bonds is 1. The van der Waals surface area contributed by atoms with Crippen molar-refractivity contribution in [2.75, 3.05) is 19.1 Å². The molecule has 1 N–H and O–H groups in total. The van der Waals surface area contributed by atoms with Crippen molar-refractivity contribution in [1.29, 1.82) is 0 Å². The van der Waals surface area contributed by atoms with Crippen molar-refractivity contribution in [3.05, 3.63) is 58.7 Å². The van der Waals surface area contributed by atoms with Crippen molar-refractivity contribution < 1.29 is 19.4 Å². The highest BCUT2D eigenvalue weighted by molar-refractivity contribution is 6.05. The van der Waals surface area contributed by atoms with Crippen LogP contribution in [0.4, 0.5) is 11.4 Å². The molecule has 1 unspecified atom stereocenters. The van der Waals surface area contributed by atoms with Crippen LogP contribution in [-0.4, -0.2) is 37.2 Å². The van der Waals surface area contributed by atoms with Gasteiger partial charge in [-0.15, -0.1) is 0 Å². The molecule has 3 aromatic carbocycles. The molecule has 0 amide bonds. The van der Waals surface area contributed by atoms with Gasteiger partial charge in [-0.1, -0.05) is 12.1 Å². The Morgan fingerprint density at radius 3 is 2.56 bits per heavy atom. The van der Waals surface area contributed by atoms with Crippen molar-refractivity contribution in [1.82, 2.24) is 0 Å². The number of benzene rings is 3. The zero-order valence-electron chi connectivity index (χ0n) is 19.1. The van der Waals surface area contributed by atoms with Gasteiger partial charge in [-0.25, -0.2) is 4.79 Å². The minimum atomic E-state index is -0.793. The van der Waals surface area contributed by atoms with Gasteiger partial charge in [0.05, 0.1) is 18.7 Å². The fourth-order valence-electron chi connectivity index (χ4n) is 4.97. The van der Waals surface area contributed by atoms with Gasteiger partial charge >= 0.3 is 5.97 Å². The summed E-state index contributed by atoms with van der Waals surface area (Å²) in [5, 5.41) is 11.7. The molecule has 1 atom stereocenters. The van der Waals surface area contributed by atoms with E-state index in [1.807, 2.05) is 25.4 Å². The van der Waals surface area contributed by atoms with E-state index in [0.717, 1.165) is 16.5 Å². The van der Waals surface area contributed by atoms with E-state index in [9.17, 15) is 9.90 Å². The Kier molecular flexibility index (Phi) is 4.13. The van der Waals surface area contributed by atoms with Gasteiger partial charge in [0.1, 0.15) is 22.7 Å². The normalized spacial score (nSPS) is 20.2. The third-order valence-corrected chi connectivity index (χ3v) is 7.15. The van der Waals surface area contributed by atoms with Crippen LogP contribution in [0.2, 0.25) is 0 Å². The Morgan fingerprint density at radius 2 is 1.84 bits per heavy atom. The van der Waals surface area contributed by atoms with Crippen LogP contribution in [0.5, 0.6) is 11.5 Å². The van der Waals surface area contributed by atoms with Crippen LogP contribution < -0.4 is 9.64 Å². The number of hydrogen-bond donors (Lipinski definition) is 1. The number of aliphatic imine (C=N–C) groups is 1. The quantitative estimate of drug-likeness (QED) is 0.540. The fourth-order valence-corrected chi connectivity index (χ4v) is 4.97. The summed E-state index contributed by atoms with van der Waals surface area (Å²) < 4.78 is 11.5. The summed E-state index contributed by atoms with van der Waals surface area (Å²) in [6, 6.07) is 11.4. The molecule has 0 saturated heterocycles. The molecule has 0 aliphatic carbocycles. The van der Waals surface area contributed by atoms with E-state index in [0.29, 0.717) is 11.4 Å². The van der Waals surface area contributed by atoms with Gasteiger partial charge < -0.3 is 19.5 Å². The van der Waals surface area contributed by atoms with E-state index in [1.54, 1.807) is 12.1 Å². The van der Waals surface area contributed by atoms with Crippen LogP contribution in [0.1, 0.15) is 40.9 Å². The maximum atomic E-state index is 12.1. The van der Waals surface area contributed by atoms with Gasteiger partial charge in [0.25, 0.3) is 0 Å². The first-order chi connectivity index (χ1) is 15.1. The van der Waals surface area contributed by atoms with Crippen LogP contribution in [0.15, 0.2) is 41.4 Å². The highest BCUT2D eigenvalue weighted by Crippen LogP contribution is 2.54. The lowest BCUT2D eigenvalue weighted by Crippen LogP contribution is -2.61. The molecule has 0 fully saturated rings. The standard InChI is InChI=1S/C26H26N2O4/c1-14-9-19-20(10-15(14)2)28(5)26(25(19,3)4)13-27-23-17-12-18(24(30)31-6)21(29)11-16(17)7-8-22(23)32-26/h7-13,29H,1-6H3. The van der Waals surface area contributed by atoms with Gasteiger partial charge in [-0.05, 0) is 74.0 Å². The minimum Gasteiger partial charge on any atom is -0.507 e. The van der Waals surface area contributed by atoms with Crippen LogP contribution >= 0.6 is 0 Å². The third-order valence-electron chi connectivity index (χ3n) is 7.15. The molecule has 32 heavy (non-hydrogen) atoms. The molecule has 2 aliphatic heterocycles. The smallest absolute Gasteiger partial charge is 0.341 e. The average molecular weight is 431 g/mol. The molecule has 6 nitrogen and oxygen atoms in total. The molecule has 3 aromatic rings. The molecule has 0 bridgehead atoms. The number of anilines is 1. The van der Waals surface area contributed by atoms with E-state index in [2.05, 4.69) is 44.7 Å². The minimum absolute atomic E-state index is 0.0977. The number of nitrogens with zero attached hydrogens (tertiary/aromatic N) is 2. The van der Waals surface area contributed by atoms with Crippen molar-refractivity contribution >= 4 is 34.3 Å². The number of carbonyl (C=O) groups is 1. The molecule has 0 aromatic heterocycles. The lowest BCUT2D eigenvalue weighted by atomic mass is 9.77. The summed E-state index contributed by atoms with van der Waals surface area (Å²) >= 11 is 0. The number of aromatic hydroxyl groups is 1. The summed E-state index contributed by atoms with van der Waals surface area (Å²) in [6.07, 6.45) is 1.87. The second kappa shape index (κ2) is 6.48. The predicted octanol–water partition coefficient (Wildman–Crippen LogP) is 5.17. The molecule has 0 saturated carbocycles. The molecule has 5 rings (SSSR count). The number of ether oxygens (including phenoxy) is 2. The zero-order valence-corrected chi connectivity index (χ0v) is 19.1. The van der Waals surface area contributed by atoms with E-state index in [1.165, 1.54) is 23.8 Å². The fraction of sp³-hybridized carbons (Fsp3) is 0.308. The number of carbonyl (C=O) groups excluding carboxylic acids is 1.